The number of aromatic nitrogens is 4. The van der Waals surface area contributed by atoms with Gasteiger partial charge in [-0.15, -0.1) is 0 Å². The molecule has 0 amide bonds. The van der Waals surface area contributed by atoms with Crippen LogP contribution >= 0.6 is 11.3 Å². The maximum Gasteiger partial charge on any atom is 0.296 e. The third-order valence-corrected chi connectivity index (χ3v) is 4.61. The first-order chi connectivity index (χ1) is 12.2. The molecule has 0 spiro atoms. The molecule has 0 radical (unpaired) electrons. The second kappa shape index (κ2) is 6.37. The fraction of sp³-hybridized carbons (Fsp3) is 0.0556. The second-order valence-electron chi connectivity index (χ2n) is 5.42. The largest absolute Gasteiger partial charge is 0.296 e. The zero-order chi connectivity index (χ0) is 17.2. The Hall–Kier alpha value is -3.19. The monoisotopic (exact) mass is 348 g/mol. The maximum absolute atomic E-state index is 12.6. The third-order valence-electron chi connectivity index (χ3n) is 3.65. The molecule has 0 aliphatic carbocycles. The SMILES string of the molecule is O=c1nc2sc(=Cc3cccnc3)c(=O)n2nc1Cc1ccccc1. The van der Waals surface area contributed by atoms with Crippen LogP contribution in [0.1, 0.15) is 16.8 Å². The van der Waals surface area contributed by atoms with Crippen LogP contribution < -0.4 is 15.7 Å². The van der Waals surface area contributed by atoms with E-state index in [2.05, 4.69) is 15.1 Å². The summed E-state index contributed by atoms with van der Waals surface area (Å²) in [6, 6.07) is 13.1. The number of fused-ring (bicyclic) bond motifs is 1. The molecule has 0 saturated heterocycles. The minimum absolute atomic E-state index is 0.256. The first-order valence-electron chi connectivity index (χ1n) is 7.59. The van der Waals surface area contributed by atoms with Gasteiger partial charge in [0.2, 0.25) is 4.96 Å². The van der Waals surface area contributed by atoms with Gasteiger partial charge < -0.3 is 0 Å². The van der Waals surface area contributed by atoms with Crippen LogP contribution in [0.2, 0.25) is 0 Å². The predicted molar refractivity (Wildman–Crippen MR) is 95.7 cm³/mol. The molecule has 6 nitrogen and oxygen atoms in total. The van der Waals surface area contributed by atoms with Crippen molar-refractivity contribution in [2.75, 3.05) is 0 Å². The molecule has 0 aliphatic heterocycles. The minimum atomic E-state index is -0.405. The molecule has 0 bridgehead atoms. The lowest BCUT2D eigenvalue weighted by molar-refractivity contribution is 0.811. The molecule has 0 fully saturated rings. The standard InChI is InChI=1S/C18H12N4O2S/c23-16-14(9-12-5-2-1-3-6-12)21-22-17(24)15(25-18(22)20-16)10-13-7-4-8-19-11-13/h1-8,10-11H,9H2. The fourth-order valence-electron chi connectivity index (χ4n) is 2.45. The van der Waals surface area contributed by atoms with Gasteiger partial charge in [0.05, 0.1) is 4.53 Å². The van der Waals surface area contributed by atoms with Gasteiger partial charge in [-0.05, 0) is 23.3 Å². The van der Waals surface area contributed by atoms with Gasteiger partial charge in [0.25, 0.3) is 11.1 Å². The lowest BCUT2D eigenvalue weighted by Gasteiger charge is -1.99. The second-order valence-corrected chi connectivity index (χ2v) is 6.43. The Balaban J connectivity index is 1.84. The average Bonchev–Trinajstić information content (AvgIpc) is 2.92. The molecule has 0 aliphatic rings. The molecular weight excluding hydrogens is 336 g/mol. The van der Waals surface area contributed by atoms with E-state index < -0.39 is 5.56 Å². The van der Waals surface area contributed by atoms with E-state index in [-0.39, 0.29) is 11.3 Å². The van der Waals surface area contributed by atoms with E-state index in [9.17, 15) is 9.59 Å². The topological polar surface area (TPSA) is 77.2 Å². The molecule has 4 aromatic rings. The van der Waals surface area contributed by atoms with E-state index in [0.29, 0.717) is 15.9 Å². The molecule has 122 valence electrons. The molecule has 0 N–H and O–H groups in total. The van der Waals surface area contributed by atoms with E-state index in [1.54, 1.807) is 24.5 Å². The van der Waals surface area contributed by atoms with Gasteiger partial charge in [-0.3, -0.25) is 14.6 Å². The van der Waals surface area contributed by atoms with Crippen molar-refractivity contribution >= 4 is 22.4 Å². The number of pyridine rings is 1. The van der Waals surface area contributed by atoms with Gasteiger partial charge in [-0.25, -0.2) is 0 Å². The van der Waals surface area contributed by atoms with E-state index in [1.807, 2.05) is 36.4 Å². The summed E-state index contributed by atoms with van der Waals surface area (Å²) in [5, 5.41) is 4.24. The van der Waals surface area contributed by atoms with Crippen molar-refractivity contribution in [3.63, 3.8) is 0 Å². The summed E-state index contributed by atoms with van der Waals surface area (Å²) in [6.45, 7) is 0. The molecule has 25 heavy (non-hydrogen) atoms. The van der Waals surface area contributed by atoms with Crippen molar-refractivity contribution in [1.82, 2.24) is 19.6 Å². The highest BCUT2D eigenvalue weighted by molar-refractivity contribution is 7.15. The number of hydrogen-bond donors (Lipinski definition) is 0. The fourth-order valence-corrected chi connectivity index (χ4v) is 3.36. The lowest BCUT2D eigenvalue weighted by atomic mass is 10.1. The highest BCUT2D eigenvalue weighted by Gasteiger charge is 2.11. The van der Waals surface area contributed by atoms with Crippen LogP contribution in [-0.4, -0.2) is 19.6 Å². The third kappa shape index (κ3) is 3.09. The molecule has 7 heteroatoms. The highest BCUT2D eigenvalue weighted by atomic mass is 32.1. The predicted octanol–water partition coefficient (Wildman–Crippen LogP) is 1.04. The number of benzene rings is 1. The van der Waals surface area contributed by atoms with Gasteiger partial charge in [-0.1, -0.05) is 47.7 Å². The van der Waals surface area contributed by atoms with Crippen LogP contribution in [-0.2, 0) is 6.42 Å². The number of rotatable bonds is 3. The van der Waals surface area contributed by atoms with Crippen LogP contribution in [0.5, 0.6) is 0 Å². The van der Waals surface area contributed by atoms with E-state index >= 15 is 0 Å². The van der Waals surface area contributed by atoms with Crippen LogP contribution in [0.25, 0.3) is 11.0 Å². The molecule has 3 aromatic heterocycles. The quantitative estimate of drug-likeness (QED) is 0.553. The summed E-state index contributed by atoms with van der Waals surface area (Å²) in [7, 11) is 0. The molecule has 0 atom stereocenters. The van der Waals surface area contributed by atoms with Gasteiger partial charge in [0, 0.05) is 18.8 Å². The first-order valence-corrected chi connectivity index (χ1v) is 8.41. The van der Waals surface area contributed by atoms with Crippen molar-refractivity contribution in [1.29, 1.82) is 0 Å². The van der Waals surface area contributed by atoms with E-state index in [4.69, 9.17) is 0 Å². The lowest BCUT2D eigenvalue weighted by Crippen LogP contribution is -2.28. The summed E-state index contributed by atoms with van der Waals surface area (Å²) in [4.78, 5) is 33.1. The Bertz CT molecular complexity index is 1200. The van der Waals surface area contributed by atoms with Gasteiger partial charge in [0.15, 0.2) is 0 Å². The van der Waals surface area contributed by atoms with E-state index in [0.717, 1.165) is 22.5 Å². The Morgan fingerprint density at radius 3 is 2.68 bits per heavy atom. The zero-order valence-electron chi connectivity index (χ0n) is 13.0. The molecule has 1 aromatic carbocycles. The van der Waals surface area contributed by atoms with Crippen molar-refractivity contribution in [3.8, 4) is 0 Å². The van der Waals surface area contributed by atoms with Crippen molar-refractivity contribution < 1.29 is 0 Å². The van der Waals surface area contributed by atoms with Crippen molar-refractivity contribution in [3.05, 3.63) is 96.9 Å². The Labute approximate surface area is 145 Å². The summed E-state index contributed by atoms with van der Waals surface area (Å²) < 4.78 is 1.66. The number of hydrogen-bond acceptors (Lipinski definition) is 6. The Morgan fingerprint density at radius 1 is 1.08 bits per heavy atom. The normalized spacial score (nSPS) is 11.9. The number of nitrogens with zero attached hydrogens (tertiary/aromatic N) is 4. The highest BCUT2D eigenvalue weighted by Crippen LogP contribution is 2.05. The minimum Gasteiger partial charge on any atom is -0.266 e. The maximum atomic E-state index is 12.6. The van der Waals surface area contributed by atoms with Crippen molar-refractivity contribution in [2.24, 2.45) is 0 Å². The molecular formula is C18H12N4O2S. The molecule has 0 saturated carbocycles. The van der Waals surface area contributed by atoms with Crippen molar-refractivity contribution in [2.45, 2.75) is 6.42 Å². The number of thiazole rings is 1. The molecule has 3 heterocycles. The van der Waals surface area contributed by atoms with Gasteiger partial charge >= 0.3 is 0 Å². The first kappa shape index (κ1) is 15.3. The summed E-state index contributed by atoms with van der Waals surface area (Å²) in [6.07, 6.45) is 5.39. The zero-order valence-corrected chi connectivity index (χ0v) is 13.8. The van der Waals surface area contributed by atoms with Crippen LogP contribution in [0.4, 0.5) is 0 Å². The van der Waals surface area contributed by atoms with Crippen LogP contribution in [0.15, 0.2) is 64.4 Å². The molecule has 0 unspecified atom stereocenters. The van der Waals surface area contributed by atoms with Crippen LogP contribution in [0.3, 0.4) is 0 Å². The van der Waals surface area contributed by atoms with Gasteiger partial charge in [0.1, 0.15) is 5.69 Å². The summed E-state index contributed by atoms with van der Waals surface area (Å²) in [5.74, 6) is 0. The summed E-state index contributed by atoms with van der Waals surface area (Å²) in [5.41, 5.74) is 1.31. The van der Waals surface area contributed by atoms with Crippen LogP contribution in [0, 0.1) is 0 Å². The van der Waals surface area contributed by atoms with Gasteiger partial charge in [-0.2, -0.15) is 14.6 Å². The average molecular weight is 348 g/mol. The Kier molecular flexibility index (Phi) is 3.91. The smallest absolute Gasteiger partial charge is 0.266 e. The van der Waals surface area contributed by atoms with E-state index in [1.165, 1.54) is 4.52 Å². The molecule has 4 rings (SSSR count). The summed E-state index contributed by atoms with van der Waals surface area (Å²) >= 11 is 1.14. The Morgan fingerprint density at radius 2 is 1.92 bits per heavy atom.